The van der Waals surface area contributed by atoms with Crippen LogP contribution in [0.3, 0.4) is 0 Å². The van der Waals surface area contributed by atoms with E-state index in [0.29, 0.717) is 17.7 Å². The lowest BCUT2D eigenvalue weighted by Gasteiger charge is -2.20. The fraction of sp³-hybridized carbons (Fsp3) is 0.389. The highest BCUT2D eigenvalue weighted by Gasteiger charge is 2.25. The maximum absolute atomic E-state index is 12.4. The number of nitrogens with one attached hydrogen (secondary N) is 2. The summed E-state index contributed by atoms with van der Waals surface area (Å²) in [4.78, 5) is 12.4. The van der Waals surface area contributed by atoms with Gasteiger partial charge in [0.15, 0.2) is 0 Å². The number of rotatable bonds is 9. The third kappa shape index (κ3) is 6.72. The predicted molar refractivity (Wildman–Crippen MR) is 96.0 cm³/mol. The Bertz CT molecular complexity index is 756. The van der Waals surface area contributed by atoms with Crippen molar-refractivity contribution in [2.24, 2.45) is 5.92 Å². The van der Waals surface area contributed by atoms with Crippen LogP contribution in [-0.4, -0.2) is 20.4 Å². The number of carbonyl (C=O) groups excluding carboxylic acids is 1. The number of amides is 1. The van der Waals surface area contributed by atoms with Crippen molar-refractivity contribution in [2.75, 3.05) is 0 Å². The molecule has 6 nitrogen and oxygen atoms in total. The summed E-state index contributed by atoms with van der Waals surface area (Å²) < 4.78 is 32.5. The van der Waals surface area contributed by atoms with E-state index in [1.54, 1.807) is 36.4 Å². The van der Waals surface area contributed by atoms with Gasteiger partial charge in [-0.2, -0.15) is 0 Å². The molecule has 1 heterocycles. The average molecular weight is 364 g/mol. The Hall–Kier alpha value is -2.12. The van der Waals surface area contributed by atoms with E-state index in [4.69, 9.17) is 4.42 Å². The molecule has 1 atom stereocenters. The van der Waals surface area contributed by atoms with Gasteiger partial charge in [0.1, 0.15) is 11.8 Å². The number of sulfonamides is 1. The molecule has 2 N–H and O–H groups in total. The summed E-state index contributed by atoms with van der Waals surface area (Å²) in [6, 6.07) is 11.5. The fourth-order valence-corrected chi connectivity index (χ4v) is 3.79. The fourth-order valence-electron chi connectivity index (χ4n) is 2.44. The molecule has 0 aliphatic carbocycles. The van der Waals surface area contributed by atoms with Crippen LogP contribution in [0, 0.1) is 5.92 Å². The third-order valence-corrected chi connectivity index (χ3v) is 4.92. The molecule has 1 amide bonds. The van der Waals surface area contributed by atoms with Crippen molar-refractivity contribution in [3.63, 3.8) is 0 Å². The Morgan fingerprint density at radius 1 is 1.12 bits per heavy atom. The van der Waals surface area contributed by atoms with Crippen molar-refractivity contribution in [1.82, 2.24) is 10.0 Å². The zero-order valence-corrected chi connectivity index (χ0v) is 15.3. The Kier molecular flexibility index (Phi) is 6.78. The molecule has 0 saturated heterocycles. The molecule has 0 aliphatic rings. The lowest BCUT2D eigenvalue weighted by molar-refractivity contribution is -0.123. The summed E-state index contributed by atoms with van der Waals surface area (Å²) >= 11 is 0. The van der Waals surface area contributed by atoms with Gasteiger partial charge in [-0.15, -0.1) is 0 Å². The normalized spacial score (nSPS) is 12.9. The van der Waals surface area contributed by atoms with Crippen molar-refractivity contribution in [2.45, 2.75) is 38.6 Å². The molecule has 0 aliphatic heterocycles. The highest BCUT2D eigenvalue weighted by molar-refractivity contribution is 7.88. The van der Waals surface area contributed by atoms with Gasteiger partial charge < -0.3 is 9.73 Å². The maximum Gasteiger partial charge on any atom is 0.238 e. The molecule has 25 heavy (non-hydrogen) atoms. The number of benzene rings is 1. The zero-order valence-electron chi connectivity index (χ0n) is 14.4. The van der Waals surface area contributed by atoms with Crippen LogP contribution in [0.4, 0.5) is 0 Å². The van der Waals surface area contributed by atoms with Crippen molar-refractivity contribution in [3.05, 3.63) is 60.1 Å². The Morgan fingerprint density at radius 2 is 1.84 bits per heavy atom. The zero-order chi connectivity index (χ0) is 18.3. The molecule has 1 aromatic carbocycles. The standard InChI is InChI=1S/C18H24N2O4S/c1-14(2)11-17(18(21)19-12-16-9-6-10-24-16)20-25(22,23)13-15-7-4-3-5-8-15/h3-10,14,17,20H,11-13H2,1-2H3,(H,19,21)/t17-/m0/s1. The van der Waals surface area contributed by atoms with Gasteiger partial charge in [-0.3, -0.25) is 4.79 Å². The van der Waals surface area contributed by atoms with Crippen LogP contribution in [0.2, 0.25) is 0 Å². The topological polar surface area (TPSA) is 88.4 Å². The van der Waals surface area contributed by atoms with Crippen LogP contribution in [0.1, 0.15) is 31.6 Å². The minimum atomic E-state index is -3.63. The SMILES string of the molecule is CC(C)C[C@H](NS(=O)(=O)Cc1ccccc1)C(=O)NCc1ccco1. The van der Waals surface area contributed by atoms with Gasteiger partial charge in [0.25, 0.3) is 0 Å². The van der Waals surface area contributed by atoms with Gasteiger partial charge in [-0.05, 0) is 30.0 Å². The van der Waals surface area contributed by atoms with E-state index in [9.17, 15) is 13.2 Å². The van der Waals surface area contributed by atoms with Crippen molar-refractivity contribution in [3.8, 4) is 0 Å². The van der Waals surface area contributed by atoms with Crippen molar-refractivity contribution in [1.29, 1.82) is 0 Å². The molecule has 2 aromatic rings. The van der Waals surface area contributed by atoms with E-state index in [1.807, 2.05) is 19.9 Å². The van der Waals surface area contributed by atoms with Crippen LogP contribution in [0.5, 0.6) is 0 Å². The largest absolute Gasteiger partial charge is 0.467 e. The summed E-state index contributed by atoms with van der Waals surface area (Å²) in [6.07, 6.45) is 1.94. The van der Waals surface area contributed by atoms with Gasteiger partial charge >= 0.3 is 0 Å². The highest BCUT2D eigenvalue weighted by Crippen LogP contribution is 2.10. The molecule has 0 unspecified atom stereocenters. The Morgan fingerprint density at radius 3 is 2.44 bits per heavy atom. The monoisotopic (exact) mass is 364 g/mol. The first-order valence-electron chi connectivity index (χ1n) is 8.20. The average Bonchev–Trinajstić information content (AvgIpc) is 3.05. The second kappa shape index (κ2) is 8.82. The molecule has 1 aromatic heterocycles. The summed E-state index contributed by atoms with van der Waals surface area (Å²) in [6.45, 7) is 4.11. The van der Waals surface area contributed by atoms with E-state index < -0.39 is 16.1 Å². The summed E-state index contributed by atoms with van der Waals surface area (Å²) in [5.74, 6) is 0.262. The van der Waals surface area contributed by atoms with Gasteiger partial charge in [0, 0.05) is 0 Å². The van der Waals surface area contributed by atoms with Gasteiger partial charge in [-0.1, -0.05) is 44.2 Å². The molecule has 0 saturated carbocycles. The second-order valence-corrected chi connectivity index (χ2v) is 8.10. The number of hydrogen-bond donors (Lipinski definition) is 2. The summed E-state index contributed by atoms with van der Waals surface area (Å²) in [7, 11) is -3.63. The molecular formula is C18H24N2O4S. The van der Waals surface area contributed by atoms with Crippen molar-refractivity contribution < 1.29 is 17.6 Å². The van der Waals surface area contributed by atoms with E-state index >= 15 is 0 Å². The first-order chi connectivity index (χ1) is 11.9. The van der Waals surface area contributed by atoms with Gasteiger partial charge in [0.2, 0.25) is 15.9 Å². The first-order valence-corrected chi connectivity index (χ1v) is 9.85. The molecule has 136 valence electrons. The molecule has 0 spiro atoms. The molecule has 0 fully saturated rings. The van der Waals surface area contributed by atoms with Crippen molar-refractivity contribution >= 4 is 15.9 Å². The van der Waals surface area contributed by atoms with Crippen LogP contribution < -0.4 is 10.0 Å². The van der Waals surface area contributed by atoms with Crippen LogP contribution in [0.15, 0.2) is 53.1 Å². The van der Waals surface area contributed by atoms with Gasteiger partial charge in [-0.25, -0.2) is 13.1 Å². The molecular weight excluding hydrogens is 340 g/mol. The quantitative estimate of drug-likeness (QED) is 0.715. The lowest BCUT2D eigenvalue weighted by Crippen LogP contribution is -2.47. The minimum Gasteiger partial charge on any atom is -0.467 e. The first kappa shape index (κ1) is 19.2. The lowest BCUT2D eigenvalue weighted by atomic mass is 10.0. The van der Waals surface area contributed by atoms with Gasteiger partial charge in [0.05, 0.1) is 18.6 Å². The maximum atomic E-state index is 12.4. The summed E-state index contributed by atoms with van der Waals surface area (Å²) in [5.41, 5.74) is 0.675. The molecule has 0 radical (unpaired) electrons. The third-order valence-electron chi connectivity index (χ3n) is 3.56. The van der Waals surface area contributed by atoms with E-state index in [0.717, 1.165) is 0 Å². The van der Waals surface area contributed by atoms with Crippen LogP contribution >= 0.6 is 0 Å². The summed E-state index contributed by atoms with van der Waals surface area (Å²) in [5, 5.41) is 2.72. The number of hydrogen-bond acceptors (Lipinski definition) is 4. The van der Waals surface area contributed by atoms with E-state index in [1.165, 1.54) is 6.26 Å². The van der Waals surface area contributed by atoms with Crippen LogP contribution in [-0.2, 0) is 27.1 Å². The molecule has 0 bridgehead atoms. The Labute approximate surface area is 148 Å². The molecule has 7 heteroatoms. The number of furan rings is 1. The highest BCUT2D eigenvalue weighted by atomic mass is 32.2. The smallest absolute Gasteiger partial charge is 0.238 e. The second-order valence-electron chi connectivity index (χ2n) is 6.34. The predicted octanol–water partition coefficient (Wildman–Crippen LogP) is 2.43. The van der Waals surface area contributed by atoms with E-state index in [-0.39, 0.29) is 24.1 Å². The Balaban J connectivity index is 2.01. The van der Waals surface area contributed by atoms with E-state index in [2.05, 4.69) is 10.0 Å². The minimum absolute atomic E-state index is 0.159. The number of carbonyl (C=O) groups is 1. The molecule has 2 rings (SSSR count). The van der Waals surface area contributed by atoms with Crippen LogP contribution in [0.25, 0.3) is 0 Å².